The second-order valence-electron chi connectivity index (χ2n) is 2.93. The van der Waals surface area contributed by atoms with E-state index in [0.717, 1.165) is 6.07 Å². The van der Waals surface area contributed by atoms with Gasteiger partial charge in [0.05, 0.1) is 10.5 Å². The summed E-state index contributed by atoms with van der Waals surface area (Å²) in [6.07, 6.45) is -4.47. The lowest BCUT2D eigenvalue weighted by Gasteiger charge is -2.07. The molecule has 0 saturated heterocycles. The average Bonchev–Trinajstić information content (AvgIpc) is 2.16. The first-order chi connectivity index (χ1) is 6.98. The molecule has 2 rings (SSSR count). The van der Waals surface area contributed by atoms with Gasteiger partial charge in [0.15, 0.2) is 0 Å². The minimum absolute atomic E-state index is 0.0316. The van der Waals surface area contributed by atoms with E-state index >= 15 is 0 Å². The summed E-state index contributed by atoms with van der Waals surface area (Å²) in [5.41, 5.74) is -0.764. The molecule has 0 N–H and O–H groups in total. The minimum Gasteiger partial charge on any atom is -0.243 e. The number of pyridine rings is 1. The van der Waals surface area contributed by atoms with Crippen molar-refractivity contribution < 1.29 is 13.2 Å². The summed E-state index contributed by atoms with van der Waals surface area (Å²) in [5.74, 6) is 0. The summed E-state index contributed by atoms with van der Waals surface area (Å²) < 4.78 is 37.1. The van der Waals surface area contributed by atoms with Crippen molar-refractivity contribution >= 4 is 22.5 Å². The molecule has 0 aliphatic carbocycles. The number of fused-ring (bicyclic) bond motifs is 1. The van der Waals surface area contributed by atoms with Gasteiger partial charge in [-0.2, -0.15) is 13.2 Å². The minimum atomic E-state index is -4.47. The lowest BCUT2D eigenvalue weighted by atomic mass is 10.2. The van der Waals surface area contributed by atoms with Crippen molar-refractivity contribution in [1.29, 1.82) is 0 Å². The van der Waals surface area contributed by atoms with E-state index in [2.05, 4.69) is 11.1 Å². The number of halogens is 4. The predicted molar refractivity (Wildman–Crippen MR) is 50.6 cm³/mol. The van der Waals surface area contributed by atoms with Gasteiger partial charge in [0.25, 0.3) is 0 Å². The van der Waals surface area contributed by atoms with E-state index in [1.54, 1.807) is 0 Å². The monoisotopic (exact) mass is 230 g/mol. The fourth-order valence-electron chi connectivity index (χ4n) is 1.22. The van der Waals surface area contributed by atoms with Gasteiger partial charge in [-0.15, -0.1) is 0 Å². The Labute approximate surface area is 88.5 Å². The fourth-order valence-corrected chi connectivity index (χ4v) is 1.47. The Hall–Kier alpha value is -1.29. The number of hydrogen-bond donors (Lipinski definition) is 0. The smallest absolute Gasteiger partial charge is 0.243 e. The van der Waals surface area contributed by atoms with Crippen LogP contribution < -0.4 is 0 Å². The Morgan fingerprint density at radius 1 is 1.33 bits per heavy atom. The van der Waals surface area contributed by atoms with Crippen LogP contribution in [0.2, 0.25) is 5.02 Å². The van der Waals surface area contributed by atoms with Crippen LogP contribution in [0, 0.1) is 6.07 Å². The van der Waals surface area contributed by atoms with Crippen LogP contribution in [0.5, 0.6) is 0 Å². The van der Waals surface area contributed by atoms with Crippen molar-refractivity contribution in [3.8, 4) is 0 Å². The van der Waals surface area contributed by atoms with Gasteiger partial charge < -0.3 is 0 Å². The molecule has 1 radical (unpaired) electrons. The maximum atomic E-state index is 12.4. The van der Waals surface area contributed by atoms with Gasteiger partial charge in [-0.25, -0.2) is 4.98 Å². The molecule has 0 spiro atoms. The van der Waals surface area contributed by atoms with Crippen molar-refractivity contribution in [2.24, 2.45) is 0 Å². The summed E-state index contributed by atoms with van der Waals surface area (Å²) in [5, 5.41) is 0.497. The van der Waals surface area contributed by atoms with E-state index in [4.69, 9.17) is 11.6 Å². The van der Waals surface area contributed by atoms with Crippen LogP contribution in [0.1, 0.15) is 5.69 Å². The molecule has 0 amide bonds. The first-order valence-corrected chi connectivity index (χ1v) is 4.40. The molecule has 0 unspecified atom stereocenters. The predicted octanol–water partition coefficient (Wildman–Crippen LogP) is 3.71. The summed E-state index contributed by atoms with van der Waals surface area (Å²) in [6.45, 7) is 0. The van der Waals surface area contributed by atoms with E-state index in [9.17, 15) is 13.2 Å². The Morgan fingerprint density at radius 3 is 2.73 bits per heavy atom. The van der Waals surface area contributed by atoms with Crippen molar-refractivity contribution in [3.05, 3.63) is 41.0 Å². The summed E-state index contributed by atoms with van der Waals surface area (Å²) in [6, 6.07) is 7.98. The van der Waals surface area contributed by atoms with Crippen molar-refractivity contribution in [1.82, 2.24) is 4.98 Å². The number of rotatable bonds is 0. The van der Waals surface area contributed by atoms with Gasteiger partial charge in [0.1, 0.15) is 5.69 Å². The van der Waals surface area contributed by atoms with E-state index in [1.165, 1.54) is 18.2 Å². The molecule has 0 aliphatic rings. The highest BCUT2D eigenvalue weighted by atomic mass is 35.5. The third-order valence-corrected chi connectivity index (χ3v) is 2.21. The zero-order valence-electron chi connectivity index (χ0n) is 7.27. The van der Waals surface area contributed by atoms with Crippen LogP contribution in [0.25, 0.3) is 10.9 Å². The molecule has 1 nitrogen and oxygen atoms in total. The number of alkyl halides is 3. The van der Waals surface area contributed by atoms with Crippen molar-refractivity contribution in [2.45, 2.75) is 6.18 Å². The van der Waals surface area contributed by atoms with Gasteiger partial charge in [0.2, 0.25) is 0 Å². The lowest BCUT2D eigenvalue weighted by molar-refractivity contribution is -0.140. The topological polar surface area (TPSA) is 12.9 Å². The first-order valence-electron chi connectivity index (χ1n) is 4.02. The van der Waals surface area contributed by atoms with Gasteiger partial charge in [-0.05, 0) is 24.3 Å². The summed E-state index contributed by atoms with van der Waals surface area (Å²) in [4.78, 5) is 3.48. The zero-order chi connectivity index (χ0) is 11.1. The largest absolute Gasteiger partial charge is 0.433 e. The third-order valence-electron chi connectivity index (χ3n) is 1.89. The van der Waals surface area contributed by atoms with E-state index in [-0.39, 0.29) is 10.5 Å². The van der Waals surface area contributed by atoms with E-state index in [0.29, 0.717) is 5.39 Å². The number of nitrogens with zero attached hydrogens (tertiary/aromatic N) is 1. The molecular formula is C10H4ClF3N. The molecule has 2 aromatic rings. The molecule has 1 aromatic carbocycles. The molecule has 77 valence electrons. The van der Waals surface area contributed by atoms with Crippen LogP contribution in [0.3, 0.4) is 0 Å². The Bertz CT molecular complexity index is 507. The Balaban J connectivity index is 2.73. The second-order valence-corrected chi connectivity index (χ2v) is 3.34. The number of benzene rings is 1. The van der Waals surface area contributed by atoms with Gasteiger partial charge in [-0.1, -0.05) is 17.7 Å². The maximum absolute atomic E-state index is 12.4. The lowest BCUT2D eigenvalue weighted by Crippen LogP contribution is -2.07. The van der Waals surface area contributed by atoms with E-state index < -0.39 is 11.9 Å². The highest BCUT2D eigenvalue weighted by Gasteiger charge is 2.33. The zero-order valence-corrected chi connectivity index (χ0v) is 8.02. The molecule has 1 heterocycles. The highest BCUT2D eigenvalue weighted by molar-refractivity contribution is 6.35. The maximum Gasteiger partial charge on any atom is 0.433 e. The quantitative estimate of drug-likeness (QED) is 0.672. The normalized spacial score (nSPS) is 12.0. The number of aromatic nitrogens is 1. The third kappa shape index (κ3) is 1.90. The highest BCUT2D eigenvalue weighted by Crippen LogP contribution is 2.32. The van der Waals surface area contributed by atoms with Crippen LogP contribution in [0.4, 0.5) is 13.2 Å². The first kappa shape index (κ1) is 10.2. The SMILES string of the molecule is FC(F)(F)c1cc(Cl)c2c[c]ccc2n1. The number of hydrogen-bond acceptors (Lipinski definition) is 1. The van der Waals surface area contributed by atoms with Crippen LogP contribution in [-0.2, 0) is 6.18 Å². The Morgan fingerprint density at radius 2 is 2.07 bits per heavy atom. The molecular weight excluding hydrogens is 227 g/mol. The molecule has 1 aromatic heterocycles. The average molecular weight is 231 g/mol. The fraction of sp³-hybridized carbons (Fsp3) is 0.100. The molecule has 15 heavy (non-hydrogen) atoms. The molecule has 0 atom stereocenters. The van der Waals surface area contributed by atoms with Crippen molar-refractivity contribution in [2.75, 3.05) is 0 Å². The van der Waals surface area contributed by atoms with Crippen molar-refractivity contribution in [3.63, 3.8) is 0 Å². The van der Waals surface area contributed by atoms with E-state index in [1.807, 2.05) is 0 Å². The standard InChI is InChI=1S/C10H4ClF3N/c11-7-5-9(10(12,13)14)15-8-4-2-1-3-6(7)8/h2-5H. The molecule has 0 aliphatic heterocycles. The van der Waals surface area contributed by atoms with Crippen LogP contribution in [0.15, 0.2) is 24.3 Å². The van der Waals surface area contributed by atoms with Gasteiger partial charge in [-0.3, -0.25) is 0 Å². The second kappa shape index (κ2) is 3.38. The molecule has 0 saturated carbocycles. The molecule has 0 bridgehead atoms. The molecule has 0 fully saturated rings. The van der Waals surface area contributed by atoms with Gasteiger partial charge in [0, 0.05) is 5.39 Å². The Kier molecular flexibility index (Phi) is 2.31. The van der Waals surface area contributed by atoms with Gasteiger partial charge >= 0.3 is 6.18 Å². The van der Waals surface area contributed by atoms with Crippen LogP contribution >= 0.6 is 11.6 Å². The summed E-state index contributed by atoms with van der Waals surface area (Å²) >= 11 is 5.71. The summed E-state index contributed by atoms with van der Waals surface area (Å²) in [7, 11) is 0. The molecule has 5 heteroatoms. The van der Waals surface area contributed by atoms with Crippen LogP contribution in [-0.4, -0.2) is 4.98 Å².